The first-order chi connectivity index (χ1) is 12.2. The van der Waals surface area contributed by atoms with Crippen molar-refractivity contribution in [3.8, 4) is 0 Å². The van der Waals surface area contributed by atoms with E-state index in [0.29, 0.717) is 19.5 Å². The van der Waals surface area contributed by atoms with Gasteiger partial charge in [0.05, 0.1) is 11.6 Å². The molecule has 7 nitrogen and oxygen atoms in total. The third-order valence-electron chi connectivity index (χ3n) is 4.63. The number of fused-ring (bicyclic) bond motifs is 1. The normalized spacial score (nSPS) is 14.4. The number of hydrogen-bond donors (Lipinski definition) is 1. The van der Waals surface area contributed by atoms with Gasteiger partial charge in [0, 0.05) is 33.1 Å². The van der Waals surface area contributed by atoms with Crippen molar-refractivity contribution in [1.82, 2.24) is 24.6 Å². The van der Waals surface area contributed by atoms with Gasteiger partial charge in [-0.2, -0.15) is 5.10 Å². The van der Waals surface area contributed by atoms with Gasteiger partial charge in [0.1, 0.15) is 12.1 Å². The highest BCUT2D eigenvalue weighted by Gasteiger charge is 2.20. The van der Waals surface area contributed by atoms with Crippen molar-refractivity contribution in [2.24, 2.45) is 7.05 Å². The Bertz CT molecular complexity index is 919. The first kappa shape index (κ1) is 15.6. The molecule has 2 aromatic heterocycles. The van der Waals surface area contributed by atoms with Crippen LogP contribution in [0.25, 0.3) is 11.0 Å². The van der Waals surface area contributed by atoms with Gasteiger partial charge < -0.3 is 10.2 Å². The number of amides is 1. The van der Waals surface area contributed by atoms with E-state index in [4.69, 9.17) is 0 Å². The van der Waals surface area contributed by atoms with Gasteiger partial charge in [-0.15, -0.1) is 0 Å². The van der Waals surface area contributed by atoms with Crippen molar-refractivity contribution in [2.75, 3.05) is 11.9 Å². The fraction of sp³-hybridized carbons (Fsp3) is 0.333. The van der Waals surface area contributed by atoms with E-state index in [1.165, 1.54) is 5.56 Å². The summed E-state index contributed by atoms with van der Waals surface area (Å²) in [5.41, 5.74) is 3.13. The molecule has 1 fully saturated rings. The monoisotopic (exact) mass is 336 g/mol. The number of likely N-dealkylation sites (tertiary alicyclic amines) is 1. The van der Waals surface area contributed by atoms with Gasteiger partial charge >= 0.3 is 0 Å². The van der Waals surface area contributed by atoms with Crippen LogP contribution in [0.5, 0.6) is 0 Å². The highest BCUT2D eigenvalue weighted by molar-refractivity contribution is 5.85. The average molecular weight is 336 g/mol. The van der Waals surface area contributed by atoms with Crippen LogP contribution in [0, 0.1) is 0 Å². The molecular formula is C18H20N6O. The van der Waals surface area contributed by atoms with Crippen LogP contribution in [0.3, 0.4) is 0 Å². The van der Waals surface area contributed by atoms with E-state index in [1.807, 2.05) is 24.1 Å². The number of carbonyl (C=O) groups is 1. The second-order valence-corrected chi connectivity index (χ2v) is 6.27. The topological polar surface area (TPSA) is 75.9 Å². The minimum absolute atomic E-state index is 0.246. The van der Waals surface area contributed by atoms with Crippen LogP contribution in [0.15, 0.2) is 36.8 Å². The first-order valence-electron chi connectivity index (χ1n) is 8.43. The SMILES string of the molecule is Cn1ncc2c(NCc3ccccc3CN3CCCC3=O)ncnc21. The quantitative estimate of drug-likeness (QED) is 0.772. The fourth-order valence-corrected chi connectivity index (χ4v) is 3.24. The molecule has 7 heteroatoms. The number of aromatic nitrogens is 4. The Hall–Kier alpha value is -2.96. The van der Waals surface area contributed by atoms with Gasteiger partial charge in [0.15, 0.2) is 5.65 Å². The van der Waals surface area contributed by atoms with E-state index in [9.17, 15) is 4.79 Å². The predicted octanol–water partition coefficient (Wildman–Crippen LogP) is 2.10. The zero-order chi connectivity index (χ0) is 17.2. The lowest BCUT2D eigenvalue weighted by Gasteiger charge is -2.18. The zero-order valence-corrected chi connectivity index (χ0v) is 14.1. The van der Waals surface area contributed by atoms with Crippen molar-refractivity contribution in [3.05, 3.63) is 47.9 Å². The molecule has 0 saturated carbocycles. The van der Waals surface area contributed by atoms with Crippen LogP contribution in [-0.4, -0.2) is 37.1 Å². The van der Waals surface area contributed by atoms with Crippen LogP contribution in [-0.2, 0) is 24.9 Å². The molecule has 0 spiro atoms. The van der Waals surface area contributed by atoms with E-state index < -0.39 is 0 Å². The summed E-state index contributed by atoms with van der Waals surface area (Å²) < 4.78 is 1.73. The smallest absolute Gasteiger partial charge is 0.222 e. The van der Waals surface area contributed by atoms with Crippen LogP contribution in [0.4, 0.5) is 5.82 Å². The molecule has 0 radical (unpaired) electrons. The van der Waals surface area contributed by atoms with Crippen molar-refractivity contribution in [1.29, 1.82) is 0 Å². The summed E-state index contributed by atoms with van der Waals surface area (Å²) in [6.45, 7) is 2.16. The molecule has 1 N–H and O–H groups in total. The average Bonchev–Trinajstić information content (AvgIpc) is 3.21. The fourth-order valence-electron chi connectivity index (χ4n) is 3.24. The van der Waals surface area contributed by atoms with E-state index in [1.54, 1.807) is 17.2 Å². The highest BCUT2D eigenvalue weighted by Crippen LogP contribution is 2.21. The molecule has 25 heavy (non-hydrogen) atoms. The summed E-state index contributed by atoms with van der Waals surface area (Å²) in [6.07, 6.45) is 4.94. The molecule has 4 rings (SSSR count). The number of nitrogens with one attached hydrogen (secondary N) is 1. The Morgan fingerprint density at radius 2 is 2.04 bits per heavy atom. The minimum atomic E-state index is 0.246. The molecule has 0 bridgehead atoms. The lowest BCUT2D eigenvalue weighted by molar-refractivity contribution is -0.128. The molecule has 1 saturated heterocycles. The molecule has 3 heterocycles. The summed E-state index contributed by atoms with van der Waals surface area (Å²) >= 11 is 0. The maximum absolute atomic E-state index is 11.9. The Labute approximate surface area is 145 Å². The third-order valence-corrected chi connectivity index (χ3v) is 4.63. The molecule has 1 aliphatic rings. The van der Waals surface area contributed by atoms with E-state index in [0.717, 1.165) is 35.4 Å². The van der Waals surface area contributed by atoms with E-state index >= 15 is 0 Å². The maximum atomic E-state index is 11.9. The van der Waals surface area contributed by atoms with Crippen molar-refractivity contribution < 1.29 is 4.79 Å². The molecular weight excluding hydrogens is 316 g/mol. The molecule has 0 atom stereocenters. The lowest BCUT2D eigenvalue weighted by Crippen LogP contribution is -2.24. The molecule has 128 valence electrons. The summed E-state index contributed by atoms with van der Waals surface area (Å²) in [6, 6.07) is 8.21. The van der Waals surface area contributed by atoms with Gasteiger partial charge in [-0.05, 0) is 17.5 Å². The van der Waals surface area contributed by atoms with Crippen molar-refractivity contribution in [2.45, 2.75) is 25.9 Å². The Morgan fingerprint density at radius 3 is 2.84 bits per heavy atom. The Balaban J connectivity index is 1.53. The number of rotatable bonds is 5. The standard InChI is InChI=1S/C18H20N6O/c1-23-18-15(10-22-23)17(20-12-21-18)19-9-13-5-2-3-6-14(13)11-24-8-4-7-16(24)25/h2-3,5-6,10,12H,4,7-9,11H2,1H3,(H,19,20,21). The summed E-state index contributed by atoms with van der Waals surface area (Å²) in [5.74, 6) is 1.01. The molecule has 1 aliphatic heterocycles. The number of carbonyl (C=O) groups excluding carboxylic acids is 1. The van der Waals surface area contributed by atoms with Crippen LogP contribution in [0.1, 0.15) is 24.0 Å². The van der Waals surface area contributed by atoms with Crippen molar-refractivity contribution in [3.63, 3.8) is 0 Å². The molecule has 1 amide bonds. The van der Waals surface area contributed by atoms with Gasteiger partial charge in [-0.25, -0.2) is 9.97 Å². The summed E-state index contributed by atoms with van der Waals surface area (Å²) in [7, 11) is 1.86. The molecule has 3 aromatic rings. The summed E-state index contributed by atoms with van der Waals surface area (Å²) in [4.78, 5) is 22.4. The molecule has 0 unspecified atom stereocenters. The van der Waals surface area contributed by atoms with E-state index in [2.05, 4.69) is 32.5 Å². The van der Waals surface area contributed by atoms with Gasteiger partial charge in [-0.3, -0.25) is 9.48 Å². The van der Waals surface area contributed by atoms with Crippen LogP contribution >= 0.6 is 0 Å². The second kappa shape index (κ2) is 6.51. The third kappa shape index (κ3) is 3.05. The van der Waals surface area contributed by atoms with Crippen molar-refractivity contribution >= 4 is 22.8 Å². The highest BCUT2D eigenvalue weighted by atomic mass is 16.2. The Kier molecular flexibility index (Phi) is 4.05. The number of benzene rings is 1. The van der Waals surface area contributed by atoms with Gasteiger partial charge in [-0.1, -0.05) is 24.3 Å². The number of nitrogens with zero attached hydrogens (tertiary/aromatic N) is 5. The van der Waals surface area contributed by atoms with Gasteiger partial charge in [0.2, 0.25) is 5.91 Å². The second-order valence-electron chi connectivity index (χ2n) is 6.27. The maximum Gasteiger partial charge on any atom is 0.222 e. The largest absolute Gasteiger partial charge is 0.365 e. The first-order valence-corrected chi connectivity index (χ1v) is 8.43. The molecule has 0 aliphatic carbocycles. The Morgan fingerprint density at radius 1 is 1.20 bits per heavy atom. The van der Waals surface area contributed by atoms with E-state index in [-0.39, 0.29) is 5.91 Å². The minimum Gasteiger partial charge on any atom is -0.365 e. The number of aryl methyl sites for hydroxylation is 1. The van der Waals surface area contributed by atoms with Gasteiger partial charge in [0.25, 0.3) is 0 Å². The lowest BCUT2D eigenvalue weighted by atomic mass is 10.1. The zero-order valence-electron chi connectivity index (χ0n) is 14.1. The number of anilines is 1. The van der Waals surface area contributed by atoms with Crippen LogP contribution in [0.2, 0.25) is 0 Å². The van der Waals surface area contributed by atoms with Crippen LogP contribution < -0.4 is 5.32 Å². The number of hydrogen-bond acceptors (Lipinski definition) is 5. The predicted molar refractivity (Wildman–Crippen MR) is 94.7 cm³/mol. The molecule has 1 aromatic carbocycles. The summed E-state index contributed by atoms with van der Waals surface area (Å²) in [5, 5.41) is 8.52.